The van der Waals surface area contributed by atoms with Crippen molar-refractivity contribution in [2.75, 3.05) is 31.1 Å². The third-order valence-corrected chi connectivity index (χ3v) is 7.37. The largest absolute Gasteiger partial charge is 0.366 e. The number of amides is 1. The molecule has 0 N–H and O–H groups in total. The molecule has 7 nitrogen and oxygen atoms in total. The SMILES string of the molecule is Cc1ccc(C)c(-n2c(=O)c3sccc3n(CC(=O)N3CCN(c4ccccc4F)CC3)c2=O)c1. The number of rotatable bonds is 4. The number of carbonyl (C=O) groups excluding carboxylic acids is 1. The minimum atomic E-state index is -0.534. The summed E-state index contributed by atoms with van der Waals surface area (Å²) < 4.78 is 17.1. The van der Waals surface area contributed by atoms with Crippen molar-refractivity contribution in [2.24, 2.45) is 0 Å². The van der Waals surface area contributed by atoms with Gasteiger partial charge in [0.25, 0.3) is 5.56 Å². The van der Waals surface area contributed by atoms with Gasteiger partial charge in [0.05, 0.1) is 16.9 Å². The summed E-state index contributed by atoms with van der Waals surface area (Å²) in [6.45, 7) is 5.42. The third kappa shape index (κ3) is 4.16. The van der Waals surface area contributed by atoms with Crippen LogP contribution in [-0.4, -0.2) is 46.1 Å². The number of halogens is 1. The van der Waals surface area contributed by atoms with Crippen LogP contribution in [0.25, 0.3) is 15.9 Å². The van der Waals surface area contributed by atoms with Gasteiger partial charge >= 0.3 is 5.69 Å². The standard InChI is InChI=1S/C26H25FN4O3S/c1-17-7-8-18(2)22(15-17)31-25(33)24-21(9-14-35-24)30(26(31)34)16-23(32)29-12-10-28(11-13-29)20-6-4-3-5-19(20)27/h3-9,14-15H,10-13,16H2,1-2H3. The van der Waals surface area contributed by atoms with Crippen LogP contribution in [0.15, 0.2) is 63.5 Å². The average Bonchev–Trinajstić information content (AvgIpc) is 3.35. The van der Waals surface area contributed by atoms with Crippen molar-refractivity contribution in [2.45, 2.75) is 20.4 Å². The minimum absolute atomic E-state index is 0.170. The van der Waals surface area contributed by atoms with Crippen molar-refractivity contribution >= 4 is 33.1 Å². The molecule has 35 heavy (non-hydrogen) atoms. The van der Waals surface area contributed by atoms with Gasteiger partial charge in [0.2, 0.25) is 5.91 Å². The summed E-state index contributed by atoms with van der Waals surface area (Å²) >= 11 is 1.26. The molecule has 1 fully saturated rings. The van der Waals surface area contributed by atoms with E-state index in [-0.39, 0.29) is 23.8 Å². The Morgan fingerprint density at radius 2 is 1.71 bits per heavy atom. The van der Waals surface area contributed by atoms with Gasteiger partial charge in [0, 0.05) is 26.2 Å². The second-order valence-electron chi connectivity index (χ2n) is 8.75. The third-order valence-electron chi connectivity index (χ3n) is 6.48. The number of fused-ring (bicyclic) bond motifs is 1. The Labute approximate surface area is 205 Å². The number of para-hydroxylation sites is 1. The number of thiophene rings is 1. The monoisotopic (exact) mass is 492 g/mol. The van der Waals surface area contributed by atoms with Crippen LogP contribution in [0.5, 0.6) is 0 Å². The molecule has 0 bridgehead atoms. The Kier molecular flexibility index (Phi) is 6.02. The van der Waals surface area contributed by atoms with Crippen molar-refractivity contribution in [3.63, 3.8) is 0 Å². The van der Waals surface area contributed by atoms with Crippen LogP contribution in [-0.2, 0) is 11.3 Å². The Morgan fingerprint density at radius 3 is 2.46 bits per heavy atom. The smallest absolute Gasteiger partial charge is 0.336 e. The maximum absolute atomic E-state index is 14.2. The van der Waals surface area contributed by atoms with Crippen LogP contribution >= 0.6 is 11.3 Å². The molecule has 1 aliphatic rings. The fourth-order valence-corrected chi connectivity index (χ4v) is 5.38. The molecule has 9 heteroatoms. The van der Waals surface area contributed by atoms with Gasteiger partial charge in [-0.2, -0.15) is 0 Å². The molecule has 3 heterocycles. The molecular weight excluding hydrogens is 467 g/mol. The lowest BCUT2D eigenvalue weighted by Gasteiger charge is -2.36. The zero-order valence-electron chi connectivity index (χ0n) is 19.5. The van der Waals surface area contributed by atoms with Gasteiger partial charge in [0.1, 0.15) is 17.1 Å². The Bertz CT molecular complexity index is 1550. The van der Waals surface area contributed by atoms with Crippen molar-refractivity contribution in [1.29, 1.82) is 0 Å². The summed E-state index contributed by atoms with van der Waals surface area (Å²) in [5.41, 5.74) is 2.33. The quantitative estimate of drug-likeness (QED) is 0.438. The minimum Gasteiger partial charge on any atom is -0.366 e. The summed E-state index contributed by atoms with van der Waals surface area (Å²) in [5.74, 6) is -0.494. The molecule has 2 aromatic heterocycles. The molecule has 4 aromatic rings. The van der Waals surface area contributed by atoms with E-state index in [1.54, 1.807) is 34.5 Å². The number of aryl methyl sites for hydroxylation is 2. The predicted molar refractivity (Wildman–Crippen MR) is 136 cm³/mol. The maximum Gasteiger partial charge on any atom is 0.336 e. The van der Waals surface area contributed by atoms with E-state index in [9.17, 15) is 18.8 Å². The average molecular weight is 493 g/mol. The molecule has 0 spiro atoms. The van der Waals surface area contributed by atoms with Crippen LogP contribution in [0.4, 0.5) is 10.1 Å². The molecule has 0 aliphatic carbocycles. The number of benzene rings is 2. The topological polar surface area (TPSA) is 67.6 Å². The van der Waals surface area contributed by atoms with Gasteiger partial charge in [-0.3, -0.25) is 14.2 Å². The summed E-state index contributed by atoms with van der Waals surface area (Å²) in [5, 5.41) is 1.76. The fourth-order valence-electron chi connectivity index (χ4n) is 4.55. The van der Waals surface area contributed by atoms with E-state index >= 15 is 0 Å². The second kappa shape index (κ2) is 9.14. The van der Waals surface area contributed by atoms with Gasteiger partial charge in [0.15, 0.2) is 0 Å². The van der Waals surface area contributed by atoms with E-state index in [1.165, 1.54) is 26.5 Å². The van der Waals surface area contributed by atoms with E-state index in [1.807, 2.05) is 36.9 Å². The molecule has 1 saturated heterocycles. The van der Waals surface area contributed by atoms with Gasteiger partial charge < -0.3 is 9.80 Å². The summed E-state index contributed by atoms with van der Waals surface area (Å²) in [7, 11) is 0. The van der Waals surface area contributed by atoms with Crippen LogP contribution in [0, 0.1) is 19.7 Å². The number of piperazine rings is 1. The Morgan fingerprint density at radius 1 is 0.971 bits per heavy atom. The van der Waals surface area contributed by atoms with Crippen LogP contribution in [0.1, 0.15) is 11.1 Å². The van der Waals surface area contributed by atoms with Crippen LogP contribution < -0.4 is 16.1 Å². The molecule has 0 unspecified atom stereocenters. The number of hydrogen-bond donors (Lipinski definition) is 0. The van der Waals surface area contributed by atoms with Gasteiger partial charge in [-0.1, -0.05) is 24.3 Å². The summed E-state index contributed by atoms with van der Waals surface area (Å²) in [4.78, 5) is 43.7. The fraction of sp³-hybridized carbons (Fsp3) is 0.269. The van der Waals surface area contributed by atoms with Gasteiger partial charge in [-0.05, 0) is 54.6 Å². The van der Waals surface area contributed by atoms with Gasteiger partial charge in [-0.25, -0.2) is 13.8 Å². The van der Waals surface area contributed by atoms with Crippen molar-refractivity contribution < 1.29 is 9.18 Å². The first kappa shape index (κ1) is 23.0. The molecule has 0 radical (unpaired) electrons. The highest BCUT2D eigenvalue weighted by molar-refractivity contribution is 7.17. The lowest BCUT2D eigenvalue weighted by atomic mass is 10.1. The van der Waals surface area contributed by atoms with Crippen LogP contribution in [0.3, 0.4) is 0 Å². The second-order valence-corrected chi connectivity index (χ2v) is 9.67. The molecule has 0 atom stereocenters. The first-order chi connectivity index (χ1) is 16.8. The highest BCUT2D eigenvalue weighted by Crippen LogP contribution is 2.21. The van der Waals surface area contributed by atoms with E-state index in [4.69, 9.17) is 0 Å². The number of anilines is 1. The summed E-state index contributed by atoms with van der Waals surface area (Å²) in [6, 6.07) is 13.9. The predicted octanol–water partition coefficient (Wildman–Crippen LogP) is 3.32. The molecule has 1 aliphatic heterocycles. The highest BCUT2D eigenvalue weighted by Gasteiger charge is 2.25. The highest BCUT2D eigenvalue weighted by atomic mass is 32.1. The normalized spacial score (nSPS) is 14.0. The molecule has 0 saturated carbocycles. The zero-order chi connectivity index (χ0) is 24.7. The Balaban J connectivity index is 1.45. The first-order valence-corrected chi connectivity index (χ1v) is 12.3. The van der Waals surface area contributed by atoms with E-state index in [0.29, 0.717) is 47.8 Å². The van der Waals surface area contributed by atoms with Crippen LogP contribution in [0.2, 0.25) is 0 Å². The number of carbonyl (C=O) groups is 1. The van der Waals surface area contributed by atoms with E-state index < -0.39 is 5.69 Å². The zero-order valence-corrected chi connectivity index (χ0v) is 20.3. The molecule has 5 rings (SSSR count). The lowest BCUT2D eigenvalue weighted by molar-refractivity contribution is -0.132. The maximum atomic E-state index is 14.2. The molecular formula is C26H25FN4O3S. The first-order valence-electron chi connectivity index (χ1n) is 11.4. The van der Waals surface area contributed by atoms with Gasteiger partial charge in [-0.15, -0.1) is 11.3 Å². The van der Waals surface area contributed by atoms with Crippen molar-refractivity contribution in [3.05, 3.63) is 91.7 Å². The van der Waals surface area contributed by atoms with Crippen molar-refractivity contribution in [1.82, 2.24) is 14.0 Å². The van der Waals surface area contributed by atoms with E-state index in [0.717, 1.165) is 11.1 Å². The number of nitrogens with zero attached hydrogens (tertiary/aromatic N) is 4. The number of hydrogen-bond acceptors (Lipinski definition) is 5. The Hall–Kier alpha value is -3.72. The lowest BCUT2D eigenvalue weighted by Crippen LogP contribution is -2.51. The van der Waals surface area contributed by atoms with Crippen molar-refractivity contribution in [3.8, 4) is 5.69 Å². The summed E-state index contributed by atoms with van der Waals surface area (Å²) in [6.07, 6.45) is 0. The van der Waals surface area contributed by atoms with E-state index in [2.05, 4.69) is 0 Å². The number of aromatic nitrogens is 2. The molecule has 1 amide bonds. The molecule has 180 valence electrons. The molecule has 2 aromatic carbocycles.